The highest BCUT2D eigenvalue weighted by Crippen LogP contribution is 2.21. The molecule has 0 unspecified atom stereocenters. The zero-order valence-corrected chi connectivity index (χ0v) is 13.4. The van der Waals surface area contributed by atoms with Gasteiger partial charge in [-0.25, -0.2) is 4.98 Å². The second kappa shape index (κ2) is 6.92. The first-order valence-corrected chi connectivity index (χ1v) is 7.61. The molecule has 3 aromatic rings. The summed E-state index contributed by atoms with van der Waals surface area (Å²) in [5.41, 5.74) is 2.32. The zero-order chi connectivity index (χ0) is 16.1. The van der Waals surface area contributed by atoms with Crippen LogP contribution in [0.3, 0.4) is 0 Å². The van der Waals surface area contributed by atoms with Crippen molar-refractivity contribution in [3.63, 3.8) is 0 Å². The first-order chi connectivity index (χ1) is 11.2. The van der Waals surface area contributed by atoms with Gasteiger partial charge in [0.2, 0.25) is 5.95 Å². The molecule has 23 heavy (non-hydrogen) atoms. The van der Waals surface area contributed by atoms with Crippen molar-refractivity contribution in [3.8, 4) is 0 Å². The van der Waals surface area contributed by atoms with E-state index in [1.807, 2.05) is 61.5 Å². The predicted molar refractivity (Wildman–Crippen MR) is 95.1 cm³/mol. The number of aromatic nitrogens is 2. The van der Waals surface area contributed by atoms with Crippen LogP contribution in [0.5, 0.6) is 0 Å². The van der Waals surface area contributed by atoms with Gasteiger partial charge in [-0.2, -0.15) is 4.98 Å². The molecule has 2 aromatic carbocycles. The van der Waals surface area contributed by atoms with Crippen molar-refractivity contribution in [1.82, 2.24) is 9.97 Å². The van der Waals surface area contributed by atoms with Crippen LogP contribution < -0.4 is 9.80 Å². The number of nitrogens with zero attached hydrogens (tertiary/aromatic N) is 4. The van der Waals surface area contributed by atoms with Gasteiger partial charge in [-0.15, -0.1) is 0 Å². The number of hydrogen-bond acceptors (Lipinski definition) is 4. The molecule has 0 aliphatic carbocycles. The van der Waals surface area contributed by atoms with Crippen LogP contribution in [0, 0.1) is 0 Å². The Morgan fingerprint density at radius 1 is 0.826 bits per heavy atom. The van der Waals surface area contributed by atoms with Crippen molar-refractivity contribution in [1.29, 1.82) is 0 Å². The van der Waals surface area contributed by atoms with Crippen molar-refractivity contribution in [2.24, 2.45) is 0 Å². The highest BCUT2D eigenvalue weighted by molar-refractivity contribution is 5.57. The zero-order valence-electron chi connectivity index (χ0n) is 13.4. The van der Waals surface area contributed by atoms with Gasteiger partial charge in [0.05, 0.1) is 0 Å². The molecule has 1 aromatic heterocycles. The van der Waals surface area contributed by atoms with E-state index in [0.29, 0.717) is 5.95 Å². The Morgan fingerprint density at radius 3 is 2.17 bits per heavy atom. The number of rotatable bonds is 5. The average molecular weight is 304 g/mol. The summed E-state index contributed by atoms with van der Waals surface area (Å²) in [7, 11) is 4.02. The maximum absolute atomic E-state index is 4.69. The van der Waals surface area contributed by atoms with Gasteiger partial charge in [-0.3, -0.25) is 0 Å². The number of para-hydroxylation sites is 1. The van der Waals surface area contributed by atoms with Gasteiger partial charge < -0.3 is 9.80 Å². The van der Waals surface area contributed by atoms with Gasteiger partial charge in [0, 0.05) is 32.5 Å². The molecule has 0 saturated carbocycles. The maximum Gasteiger partial charge on any atom is 0.231 e. The van der Waals surface area contributed by atoms with Crippen LogP contribution in [0.25, 0.3) is 0 Å². The van der Waals surface area contributed by atoms with E-state index in [-0.39, 0.29) is 0 Å². The van der Waals surface area contributed by atoms with E-state index < -0.39 is 0 Å². The fraction of sp³-hybridized carbons (Fsp3) is 0.158. The fourth-order valence-corrected chi connectivity index (χ4v) is 2.42. The summed E-state index contributed by atoms with van der Waals surface area (Å²) < 4.78 is 0. The predicted octanol–water partition coefficient (Wildman–Crippen LogP) is 3.88. The first kappa shape index (κ1) is 15.0. The van der Waals surface area contributed by atoms with Crippen LogP contribution in [0.2, 0.25) is 0 Å². The summed E-state index contributed by atoms with van der Waals surface area (Å²) >= 11 is 0. The highest BCUT2D eigenvalue weighted by Gasteiger charge is 2.10. The third kappa shape index (κ3) is 3.66. The van der Waals surface area contributed by atoms with E-state index in [9.17, 15) is 0 Å². The molecule has 4 nitrogen and oxygen atoms in total. The molecule has 0 bridgehead atoms. The average Bonchev–Trinajstić information content (AvgIpc) is 2.63. The second-order valence-electron chi connectivity index (χ2n) is 5.45. The Kier molecular flexibility index (Phi) is 4.52. The summed E-state index contributed by atoms with van der Waals surface area (Å²) in [5, 5.41) is 0. The summed E-state index contributed by atoms with van der Waals surface area (Å²) in [6.07, 6.45) is 1.80. The van der Waals surface area contributed by atoms with Crippen LogP contribution in [0.15, 0.2) is 72.9 Å². The molecule has 0 saturated heterocycles. The van der Waals surface area contributed by atoms with Crippen molar-refractivity contribution in [2.75, 3.05) is 23.9 Å². The van der Waals surface area contributed by atoms with Gasteiger partial charge in [0.25, 0.3) is 0 Å². The van der Waals surface area contributed by atoms with Crippen LogP contribution in [0.1, 0.15) is 5.56 Å². The van der Waals surface area contributed by atoms with E-state index in [0.717, 1.165) is 18.1 Å². The summed E-state index contributed by atoms with van der Waals surface area (Å²) in [4.78, 5) is 13.2. The molecule has 0 spiro atoms. The van der Waals surface area contributed by atoms with E-state index in [1.54, 1.807) is 6.20 Å². The van der Waals surface area contributed by atoms with Gasteiger partial charge >= 0.3 is 0 Å². The second-order valence-corrected chi connectivity index (χ2v) is 5.45. The summed E-state index contributed by atoms with van der Waals surface area (Å²) in [6, 6.07) is 22.4. The molecule has 116 valence electrons. The third-order valence-corrected chi connectivity index (χ3v) is 3.73. The van der Waals surface area contributed by atoms with Crippen molar-refractivity contribution in [3.05, 3.63) is 78.5 Å². The Balaban J connectivity index is 1.79. The molecule has 4 heteroatoms. The SMILES string of the molecule is CN(Cc1ccccc1)c1ccnc(N(C)c2ccccc2)n1. The lowest BCUT2D eigenvalue weighted by atomic mass is 10.2. The normalized spacial score (nSPS) is 10.3. The molecule has 0 amide bonds. The molecule has 0 aliphatic rings. The standard InChI is InChI=1S/C19H20N4/c1-22(15-16-9-5-3-6-10-16)18-13-14-20-19(21-18)23(2)17-11-7-4-8-12-17/h3-14H,15H2,1-2H3. The lowest BCUT2D eigenvalue weighted by Gasteiger charge is -2.21. The number of benzene rings is 2. The Morgan fingerprint density at radius 2 is 1.48 bits per heavy atom. The lowest BCUT2D eigenvalue weighted by molar-refractivity contribution is 0.885. The van der Waals surface area contributed by atoms with Crippen molar-refractivity contribution >= 4 is 17.5 Å². The third-order valence-electron chi connectivity index (χ3n) is 3.73. The molecule has 1 heterocycles. The molecule has 0 radical (unpaired) electrons. The quantitative estimate of drug-likeness (QED) is 0.716. The fourth-order valence-electron chi connectivity index (χ4n) is 2.42. The minimum absolute atomic E-state index is 0.689. The summed E-state index contributed by atoms with van der Waals surface area (Å²) in [6.45, 7) is 0.812. The molecule has 0 atom stereocenters. The van der Waals surface area contributed by atoms with E-state index >= 15 is 0 Å². The summed E-state index contributed by atoms with van der Waals surface area (Å²) in [5.74, 6) is 1.59. The van der Waals surface area contributed by atoms with E-state index in [2.05, 4.69) is 39.1 Å². The maximum atomic E-state index is 4.69. The number of anilines is 3. The molecular formula is C19H20N4. The Bertz CT molecular complexity index is 744. The first-order valence-electron chi connectivity index (χ1n) is 7.61. The van der Waals surface area contributed by atoms with E-state index in [1.165, 1.54) is 5.56 Å². The van der Waals surface area contributed by atoms with Gasteiger partial charge in [-0.05, 0) is 23.8 Å². The van der Waals surface area contributed by atoms with Crippen molar-refractivity contribution in [2.45, 2.75) is 6.54 Å². The van der Waals surface area contributed by atoms with Gasteiger partial charge in [0.15, 0.2) is 0 Å². The smallest absolute Gasteiger partial charge is 0.231 e. The highest BCUT2D eigenvalue weighted by atomic mass is 15.3. The number of hydrogen-bond donors (Lipinski definition) is 0. The minimum atomic E-state index is 0.689. The van der Waals surface area contributed by atoms with Crippen LogP contribution in [-0.4, -0.2) is 24.1 Å². The molecule has 0 aliphatic heterocycles. The topological polar surface area (TPSA) is 32.3 Å². The van der Waals surface area contributed by atoms with Gasteiger partial charge in [0.1, 0.15) is 5.82 Å². The van der Waals surface area contributed by atoms with E-state index in [4.69, 9.17) is 0 Å². The molecule has 0 fully saturated rings. The molecule has 0 N–H and O–H groups in total. The minimum Gasteiger partial charge on any atom is -0.355 e. The lowest BCUT2D eigenvalue weighted by Crippen LogP contribution is -2.20. The van der Waals surface area contributed by atoms with Gasteiger partial charge in [-0.1, -0.05) is 48.5 Å². The molecular weight excluding hydrogens is 284 g/mol. The Hall–Kier alpha value is -2.88. The van der Waals surface area contributed by atoms with Crippen LogP contribution in [-0.2, 0) is 6.54 Å². The Labute approximate surface area is 137 Å². The monoisotopic (exact) mass is 304 g/mol. The van der Waals surface area contributed by atoms with Crippen molar-refractivity contribution < 1.29 is 0 Å². The molecule has 3 rings (SSSR count). The van der Waals surface area contributed by atoms with Crippen LogP contribution >= 0.6 is 0 Å². The van der Waals surface area contributed by atoms with Crippen LogP contribution in [0.4, 0.5) is 17.5 Å². The largest absolute Gasteiger partial charge is 0.355 e.